The van der Waals surface area contributed by atoms with Crippen LogP contribution in [0.2, 0.25) is 0 Å². The van der Waals surface area contributed by atoms with Crippen molar-refractivity contribution in [3.8, 4) is 0 Å². The third kappa shape index (κ3) is 2.87. The van der Waals surface area contributed by atoms with E-state index >= 15 is 0 Å². The first-order valence-electron chi connectivity index (χ1n) is 5.02. The lowest BCUT2D eigenvalue weighted by atomic mass is 10.0. The summed E-state index contributed by atoms with van der Waals surface area (Å²) in [6.45, 7) is 1.82. The molecule has 1 rings (SSSR count). The van der Waals surface area contributed by atoms with Gasteiger partial charge in [-0.2, -0.15) is 0 Å². The molecule has 0 aromatic heterocycles. The first-order valence-corrected chi connectivity index (χ1v) is 5.02. The highest BCUT2D eigenvalue weighted by Crippen LogP contribution is 2.21. The molecule has 0 atom stereocenters. The number of hydrogen-bond acceptors (Lipinski definition) is 4. The molecule has 0 aliphatic carbocycles. The Morgan fingerprint density at radius 1 is 1.41 bits per heavy atom. The number of rotatable bonds is 5. The number of carboxylic acid groups (broad SMARTS) is 1. The van der Waals surface area contributed by atoms with E-state index in [0.717, 1.165) is 12.1 Å². The van der Waals surface area contributed by atoms with Crippen molar-refractivity contribution in [1.29, 1.82) is 0 Å². The van der Waals surface area contributed by atoms with Crippen LogP contribution < -0.4 is 0 Å². The molecule has 0 aliphatic heterocycles. The van der Waals surface area contributed by atoms with E-state index in [9.17, 15) is 19.7 Å². The largest absolute Gasteiger partial charge is 0.477 e. The lowest BCUT2D eigenvalue weighted by molar-refractivity contribution is -0.385. The van der Waals surface area contributed by atoms with Crippen LogP contribution in [0, 0.1) is 10.1 Å². The van der Waals surface area contributed by atoms with Crippen LogP contribution in [0.1, 0.15) is 40.5 Å². The minimum atomic E-state index is -1.38. The van der Waals surface area contributed by atoms with Crippen molar-refractivity contribution in [3.05, 3.63) is 39.4 Å². The molecule has 1 aromatic rings. The highest BCUT2D eigenvalue weighted by Gasteiger charge is 2.21. The monoisotopic (exact) mass is 237 g/mol. The maximum atomic E-state index is 11.5. The SMILES string of the molecule is CCCC(=O)c1ccc(C(=O)O)c([N+](=O)[O-])c1. The molecule has 0 spiro atoms. The summed E-state index contributed by atoms with van der Waals surface area (Å²) in [6, 6.07) is 3.40. The van der Waals surface area contributed by atoms with Crippen molar-refractivity contribution < 1.29 is 19.6 Å². The van der Waals surface area contributed by atoms with Gasteiger partial charge < -0.3 is 5.11 Å². The van der Waals surface area contributed by atoms with Crippen LogP contribution in [0.4, 0.5) is 5.69 Å². The van der Waals surface area contributed by atoms with Crippen LogP contribution >= 0.6 is 0 Å². The van der Waals surface area contributed by atoms with Gasteiger partial charge in [-0.15, -0.1) is 0 Å². The van der Waals surface area contributed by atoms with Crippen molar-refractivity contribution >= 4 is 17.4 Å². The number of benzene rings is 1. The molecule has 0 fully saturated rings. The summed E-state index contributed by atoms with van der Waals surface area (Å²) >= 11 is 0. The van der Waals surface area contributed by atoms with Crippen LogP contribution in [-0.2, 0) is 0 Å². The summed E-state index contributed by atoms with van der Waals surface area (Å²) < 4.78 is 0. The van der Waals surface area contributed by atoms with E-state index in [1.54, 1.807) is 0 Å². The zero-order valence-corrected chi connectivity index (χ0v) is 9.17. The summed E-state index contributed by atoms with van der Waals surface area (Å²) in [4.78, 5) is 32.2. The number of nitrogens with zero attached hydrogens (tertiary/aromatic N) is 1. The molecule has 0 radical (unpaired) electrons. The van der Waals surface area contributed by atoms with Crippen molar-refractivity contribution in [2.45, 2.75) is 19.8 Å². The molecule has 0 aliphatic rings. The Bertz CT molecular complexity index is 481. The lowest BCUT2D eigenvalue weighted by Gasteiger charge is -2.02. The fourth-order valence-corrected chi connectivity index (χ4v) is 1.41. The van der Waals surface area contributed by atoms with Gasteiger partial charge in [0.2, 0.25) is 0 Å². The Kier molecular flexibility index (Phi) is 3.92. The van der Waals surface area contributed by atoms with E-state index < -0.39 is 22.1 Å². The van der Waals surface area contributed by atoms with E-state index in [2.05, 4.69) is 0 Å². The second-order valence-electron chi connectivity index (χ2n) is 3.47. The van der Waals surface area contributed by atoms with Gasteiger partial charge in [0.05, 0.1) is 4.92 Å². The number of aromatic carboxylic acids is 1. The Hall–Kier alpha value is -2.24. The first-order chi connectivity index (χ1) is 7.97. The maximum Gasteiger partial charge on any atom is 0.342 e. The predicted molar refractivity (Wildman–Crippen MR) is 59.3 cm³/mol. The number of carbonyl (C=O) groups excluding carboxylic acids is 1. The van der Waals surface area contributed by atoms with Crippen LogP contribution in [0.15, 0.2) is 18.2 Å². The highest BCUT2D eigenvalue weighted by atomic mass is 16.6. The average molecular weight is 237 g/mol. The summed E-state index contributed by atoms with van der Waals surface area (Å²) in [5.41, 5.74) is -0.800. The predicted octanol–water partition coefficient (Wildman–Crippen LogP) is 2.28. The number of carboxylic acids is 1. The van der Waals surface area contributed by atoms with Gasteiger partial charge in [0.1, 0.15) is 5.56 Å². The summed E-state index contributed by atoms with van der Waals surface area (Å²) in [6.07, 6.45) is 0.914. The van der Waals surface area contributed by atoms with Crippen molar-refractivity contribution in [2.75, 3.05) is 0 Å². The fraction of sp³-hybridized carbons (Fsp3) is 0.273. The minimum Gasteiger partial charge on any atom is -0.477 e. The van der Waals surface area contributed by atoms with Gasteiger partial charge in [0.15, 0.2) is 5.78 Å². The van der Waals surface area contributed by atoms with Crippen LogP contribution in [0.25, 0.3) is 0 Å². The molecule has 0 unspecified atom stereocenters. The third-order valence-electron chi connectivity index (χ3n) is 2.22. The molecule has 0 saturated heterocycles. The fourth-order valence-electron chi connectivity index (χ4n) is 1.41. The maximum absolute atomic E-state index is 11.5. The number of carbonyl (C=O) groups is 2. The number of nitro groups is 1. The summed E-state index contributed by atoms with van der Waals surface area (Å²) in [7, 11) is 0. The van der Waals surface area contributed by atoms with Gasteiger partial charge in [-0.25, -0.2) is 4.79 Å². The molecule has 0 heterocycles. The van der Waals surface area contributed by atoms with Crippen molar-refractivity contribution in [2.24, 2.45) is 0 Å². The Labute approximate surface area is 97.0 Å². The van der Waals surface area contributed by atoms with E-state index in [1.807, 2.05) is 6.92 Å². The Balaban J connectivity index is 3.23. The summed E-state index contributed by atoms with van der Waals surface area (Å²) in [5, 5.41) is 19.4. The normalized spacial score (nSPS) is 9.94. The van der Waals surface area contributed by atoms with Crippen molar-refractivity contribution in [1.82, 2.24) is 0 Å². The van der Waals surface area contributed by atoms with Gasteiger partial charge in [0, 0.05) is 18.1 Å². The van der Waals surface area contributed by atoms with Crippen molar-refractivity contribution in [3.63, 3.8) is 0 Å². The topological polar surface area (TPSA) is 97.5 Å². The molecular formula is C11H11NO5. The summed E-state index contributed by atoms with van der Waals surface area (Å²) in [5.74, 6) is -1.61. The van der Waals surface area contributed by atoms with Gasteiger partial charge in [0.25, 0.3) is 5.69 Å². The first kappa shape index (κ1) is 12.8. The Morgan fingerprint density at radius 3 is 2.53 bits per heavy atom. The molecule has 0 saturated carbocycles. The van der Waals surface area contributed by atoms with Gasteiger partial charge in [-0.1, -0.05) is 13.0 Å². The lowest BCUT2D eigenvalue weighted by Crippen LogP contribution is -2.05. The van der Waals surface area contributed by atoms with Crippen LogP contribution in [0.3, 0.4) is 0 Å². The number of Topliss-reactive ketones (excluding diaryl/α,β-unsaturated/α-hetero) is 1. The molecule has 6 heteroatoms. The average Bonchev–Trinajstić information content (AvgIpc) is 2.28. The van der Waals surface area contributed by atoms with Gasteiger partial charge in [-0.3, -0.25) is 14.9 Å². The third-order valence-corrected chi connectivity index (χ3v) is 2.22. The van der Waals surface area contributed by atoms with Gasteiger partial charge in [-0.05, 0) is 12.5 Å². The smallest absolute Gasteiger partial charge is 0.342 e. The minimum absolute atomic E-state index is 0.170. The van der Waals surface area contributed by atoms with Gasteiger partial charge >= 0.3 is 5.97 Å². The standard InChI is InChI=1S/C11H11NO5/c1-2-3-10(13)7-4-5-8(11(14)15)9(6-7)12(16)17/h4-6H,2-3H2,1H3,(H,14,15). The second-order valence-corrected chi connectivity index (χ2v) is 3.47. The van der Waals surface area contributed by atoms with E-state index in [-0.39, 0.29) is 17.8 Å². The molecule has 0 bridgehead atoms. The molecule has 90 valence electrons. The second kappa shape index (κ2) is 5.20. The molecular weight excluding hydrogens is 226 g/mol. The molecule has 0 amide bonds. The number of hydrogen-bond donors (Lipinski definition) is 1. The Morgan fingerprint density at radius 2 is 2.06 bits per heavy atom. The van der Waals surface area contributed by atoms with E-state index in [0.29, 0.717) is 6.42 Å². The number of nitro benzene ring substituents is 1. The van der Waals surface area contributed by atoms with E-state index in [4.69, 9.17) is 5.11 Å². The van der Waals surface area contributed by atoms with Crippen LogP contribution in [0.5, 0.6) is 0 Å². The molecule has 1 aromatic carbocycles. The van der Waals surface area contributed by atoms with Crippen LogP contribution in [-0.4, -0.2) is 21.8 Å². The molecule has 1 N–H and O–H groups in total. The highest BCUT2D eigenvalue weighted by molar-refractivity contribution is 5.99. The quantitative estimate of drug-likeness (QED) is 0.481. The molecule has 6 nitrogen and oxygen atoms in total. The molecule has 17 heavy (non-hydrogen) atoms. The number of ketones is 1. The zero-order chi connectivity index (χ0) is 13.0. The zero-order valence-electron chi connectivity index (χ0n) is 9.17. The van der Waals surface area contributed by atoms with E-state index in [1.165, 1.54) is 6.07 Å².